The summed E-state index contributed by atoms with van der Waals surface area (Å²) in [6.45, 7) is 3.48. The van der Waals surface area contributed by atoms with Crippen molar-refractivity contribution in [2.24, 2.45) is 10.2 Å². The van der Waals surface area contributed by atoms with Crippen LogP contribution in [-0.4, -0.2) is 55.4 Å². The van der Waals surface area contributed by atoms with E-state index in [4.69, 9.17) is 0 Å². The number of carboxylic acid groups (broad SMARTS) is 2. The number of carboxylic acids is 2. The number of nitrogens with zero attached hydrogens (tertiary/aromatic N) is 4. The smallest absolute Gasteiger partial charge is 0.335 e. The fraction of sp³-hybridized carbons (Fsp3) is 0.0769. The average Bonchev–Trinajstić information content (AvgIpc) is 3.78. The van der Waals surface area contributed by atoms with Crippen LogP contribution in [-0.2, 0) is 16.0 Å². The molecule has 0 saturated carbocycles. The third-order valence-corrected chi connectivity index (χ3v) is 9.16. The monoisotopic (exact) mass is 676 g/mol. The van der Waals surface area contributed by atoms with Crippen LogP contribution < -0.4 is 20.7 Å². The van der Waals surface area contributed by atoms with E-state index in [1.54, 1.807) is 38.1 Å². The maximum atomic E-state index is 14.1. The lowest BCUT2D eigenvalue weighted by Crippen LogP contribution is -2.26. The van der Waals surface area contributed by atoms with Gasteiger partial charge in [0.2, 0.25) is 0 Å². The molecule has 0 unspecified atom stereocenters. The molecule has 1 aliphatic carbocycles. The van der Waals surface area contributed by atoms with Gasteiger partial charge in [-0.1, -0.05) is 60.7 Å². The van der Waals surface area contributed by atoms with E-state index in [0.717, 1.165) is 27.2 Å². The van der Waals surface area contributed by atoms with Gasteiger partial charge in [-0.3, -0.25) is 9.59 Å². The molecule has 0 atom stereocenters. The number of hydrogen-bond donors (Lipinski definition) is 4. The van der Waals surface area contributed by atoms with Crippen molar-refractivity contribution >= 4 is 74.5 Å². The van der Waals surface area contributed by atoms with Gasteiger partial charge >= 0.3 is 11.9 Å². The molecule has 2 aliphatic heterocycles. The van der Waals surface area contributed by atoms with Gasteiger partial charge in [0.25, 0.3) is 11.8 Å². The van der Waals surface area contributed by atoms with Crippen LogP contribution in [0.25, 0.3) is 28.0 Å². The minimum Gasteiger partial charge on any atom is -0.478 e. The van der Waals surface area contributed by atoms with Crippen molar-refractivity contribution in [3.8, 4) is 0 Å². The van der Waals surface area contributed by atoms with E-state index in [-0.39, 0.29) is 11.1 Å². The van der Waals surface area contributed by atoms with Crippen LogP contribution in [0.1, 0.15) is 45.7 Å². The normalized spacial score (nSPS) is 18.3. The Bertz CT molecular complexity index is 2760. The van der Waals surface area contributed by atoms with Crippen molar-refractivity contribution in [3.05, 3.63) is 135 Å². The number of hydrazone groups is 2. The van der Waals surface area contributed by atoms with E-state index in [1.807, 2.05) is 48.6 Å². The Kier molecular flexibility index (Phi) is 7.22. The number of nitrogens with one attached hydrogen (secondary N) is 2. The Morgan fingerprint density at radius 2 is 1.20 bits per heavy atom. The minimum absolute atomic E-state index is 0.0383. The van der Waals surface area contributed by atoms with Gasteiger partial charge < -0.3 is 20.2 Å². The number of aromatic amines is 2. The summed E-state index contributed by atoms with van der Waals surface area (Å²) >= 11 is 0. The summed E-state index contributed by atoms with van der Waals surface area (Å²) < 4.78 is 0. The fourth-order valence-corrected chi connectivity index (χ4v) is 6.83. The van der Waals surface area contributed by atoms with Crippen LogP contribution in [0.5, 0.6) is 0 Å². The number of carbonyl (C=O) groups excluding carboxylic acids is 2. The van der Waals surface area contributed by atoms with Gasteiger partial charge in [-0.2, -0.15) is 20.2 Å². The maximum Gasteiger partial charge on any atom is 0.335 e. The van der Waals surface area contributed by atoms with Gasteiger partial charge in [0, 0.05) is 16.3 Å². The van der Waals surface area contributed by atoms with Crippen LogP contribution in [0.15, 0.2) is 101 Å². The number of rotatable bonds is 4. The van der Waals surface area contributed by atoms with Gasteiger partial charge in [0.1, 0.15) is 0 Å². The molecule has 5 aromatic rings. The zero-order valence-corrected chi connectivity index (χ0v) is 27.3. The Balaban J connectivity index is 1.38. The minimum atomic E-state index is -1.11. The van der Waals surface area contributed by atoms with Gasteiger partial charge in [-0.25, -0.2) is 9.59 Å². The number of fused-ring (bicyclic) bond motifs is 2. The molecule has 4 N–H and O–H groups in total. The first kappa shape index (κ1) is 31.2. The second-order valence-corrected chi connectivity index (χ2v) is 12.2. The Labute approximate surface area is 288 Å². The predicted octanol–water partition coefficient (Wildman–Crippen LogP) is 4.45. The Morgan fingerprint density at radius 1 is 0.667 bits per heavy atom. The molecule has 2 aromatic heterocycles. The molecule has 0 fully saturated rings. The van der Waals surface area contributed by atoms with Crippen molar-refractivity contribution in [1.29, 1.82) is 0 Å². The van der Waals surface area contributed by atoms with Gasteiger partial charge in [0.05, 0.1) is 66.5 Å². The molecule has 0 radical (unpaired) electrons. The molecule has 2 amide bonds. The molecular formula is C39H28N6O6. The molecule has 4 heterocycles. The highest BCUT2D eigenvalue weighted by Crippen LogP contribution is 2.28. The molecule has 12 nitrogen and oxygen atoms in total. The lowest BCUT2D eigenvalue weighted by atomic mass is 10.0. The lowest BCUT2D eigenvalue weighted by Gasteiger charge is -2.12. The van der Waals surface area contributed by atoms with Gasteiger partial charge in [0.15, 0.2) is 0 Å². The number of benzene rings is 3. The second-order valence-electron chi connectivity index (χ2n) is 12.2. The summed E-state index contributed by atoms with van der Waals surface area (Å²) in [6.07, 6.45) is 8.36. The number of H-pyrrole nitrogens is 2. The average molecular weight is 677 g/mol. The number of allylic oxidation sites excluding steroid dienone is 3. The van der Waals surface area contributed by atoms with E-state index in [9.17, 15) is 29.4 Å². The van der Waals surface area contributed by atoms with Crippen LogP contribution in [0.2, 0.25) is 0 Å². The number of aromatic nitrogens is 2. The molecule has 8 rings (SSSR count). The zero-order valence-electron chi connectivity index (χ0n) is 27.3. The second kappa shape index (κ2) is 11.8. The van der Waals surface area contributed by atoms with Crippen molar-refractivity contribution in [2.45, 2.75) is 20.3 Å². The van der Waals surface area contributed by atoms with Crippen LogP contribution in [0, 0.1) is 10.7 Å². The summed E-state index contributed by atoms with van der Waals surface area (Å²) in [5, 5.41) is 34.7. The first-order valence-corrected chi connectivity index (χ1v) is 16.0. The van der Waals surface area contributed by atoms with Crippen LogP contribution >= 0.6 is 0 Å². The zero-order chi connectivity index (χ0) is 35.6. The van der Waals surface area contributed by atoms with E-state index < -0.39 is 23.8 Å². The third kappa shape index (κ3) is 5.00. The predicted molar refractivity (Wildman–Crippen MR) is 193 cm³/mol. The number of carbonyl (C=O) groups is 4. The summed E-state index contributed by atoms with van der Waals surface area (Å²) in [7, 11) is 0. The van der Waals surface area contributed by atoms with Crippen molar-refractivity contribution < 1.29 is 29.4 Å². The number of amides is 2. The Hall–Kier alpha value is -7.08. The Morgan fingerprint density at radius 3 is 1.76 bits per heavy atom. The van der Waals surface area contributed by atoms with Crippen LogP contribution in [0.4, 0.5) is 11.4 Å². The fourth-order valence-electron chi connectivity index (χ4n) is 6.83. The van der Waals surface area contributed by atoms with E-state index in [1.165, 1.54) is 34.3 Å². The topological polar surface area (TPSA) is 172 Å². The van der Waals surface area contributed by atoms with Crippen LogP contribution in [0.3, 0.4) is 0 Å². The molecular weight excluding hydrogens is 648 g/mol. The lowest BCUT2D eigenvalue weighted by molar-refractivity contribution is -0.113. The van der Waals surface area contributed by atoms with Gasteiger partial charge in [-0.15, -0.1) is 0 Å². The molecule has 0 spiro atoms. The van der Waals surface area contributed by atoms with E-state index >= 15 is 0 Å². The van der Waals surface area contributed by atoms with E-state index in [0.29, 0.717) is 56.4 Å². The SMILES string of the molecule is CC1=NN(c2cccc(C(=O)O)c2)C(=O)/C1=c1\[nH]/c(=c2/[nH]/c(=C3\C(=O)N(c4cccc(C(=O)O)c4)N=C3C)c3ccccc23)c2c1C=CC=CC2. The molecule has 12 heteroatoms. The third-order valence-electron chi connectivity index (χ3n) is 9.16. The van der Waals surface area contributed by atoms with Crippen molar-refractivity contribution in [2.75, 3.05) is 10.0 Å². The summed E-state index contributed by atoms with van der Waals surface area (Å²) in [5.41, 5.74) is 4.10. The summed E-state index contributed by atoms with van der Waals surface area (Å²) in [4.78, 5) is 58.4. The molecule has 51 heavy (non-hydrogen) atoms. The van der Waals surface area contributed by atoms with E-state index in [2.05, 4.69) is 20.2 Å². The highest BCUT2D eigenvalue weighted by atomic mass is 16.4. The van der Waals surface area contributed by atoms with Crippen molar-refractivity contribution in [1.82, 2.24) is 9.97 Å². The number of hydrogen-bond acceptors (Lipinski definition) is 6. The van der Waals surface area contributed by atoms with Gasteiger partial charge in [-0.05, 0) is 62.2 Å². The molecule has 250 valence electrons. The highest BCUT2D eigenvalue weighted by molar-refractivity contribution is 6.49. The summed E-state index contributed by atoms with van der Waals surface area (Å²) in [5.74, 6) is -3.03. The first-order valence-electron chi connectivity index (χ1n) is 16.0. The molecule has 3 aromatic carbocycles. The standard InChI is InChI=1S/C39H28N6O6/c1-20-30(36(46)44(42-20)24-12-8-10-22(18-24)38(48)49)32-26-14-4-3-5-15-28(26)34(40-32)35-29-17-7-6-16-27(29)33(41-35)31-21(2)43-45(37(31)47)25-13-9-11-23(19-25)39(50)51/h3-14,16-19,40-41H,15H2,1-2H3,(H,48,49)(H,50,51)/b32-30-,33-31-,35-34+. The number of aromatic carboxylic acids is 2. The maximum absolute atomic E-state index is 14.1. The first-order chi connectivity index (χ1) is 24.6. The van der Waals surface area contributed by atoms with Crippen molar-refractivity contribution in [3.63, 3.8) is 0 Å². The highest BCUT2D eigenvalue weighted by Gasteiger charge is 2.33. The molecule has 0 saturated heterocycles. The largest absolute Gasteiger partial charge is 0.478 e. The molecule has 3 aliphatic rings. The summed E-state index contributed by atoms with van der Waals surface area (Å²) in [6, 6.07) is 19.8. The quantitative estimate of drug-likeness (QED) is 0.219. The molecule has 0 bridgehead atoms. The number of anilines is 2.